The summed E-state index contributed by atoms with van der Waals surface area (Å²) in [5, 5.41) is 0.132. The maximum atomic E-state index is 13.6. The van der Waals surface area contributed by atoms with Crippen molar-refractivity contribution in [2.45, 2.75) is 11.8 Å². The van der Waals surface area contributed by atoms with E-state index in [1.807, 2.05) is 0 Å². The molecule has 5 heteroatoms. The molecule has 0 saturated carbocycles. The van der Waals surface area contributed by atoms with Crippen LogP contribution in [0.25, 0.3) is 0 Å². The van der Waals surface area contributed by atoms with Crippen molar-refractivity contribution in [1.82, 2.24) is 0 Å². The molecule has 0 aliphatic heterocycles. The number of halogens is 5. The van der Waals surface area contributed by atoms with Crippen molar-refractivity contribution in [3.8, 4) is 0 Å². The second kappa shape index (κ2) is 6.08. The third-order valence-corrected chi connectivity index (χ3v) is 3.97. The molecule has 19 heavy (non-hydrogen) atoms. The fourth-order valence-corrected chi connectivity index (χ4v) is 2.62. The summed E-state index contributed by atoms with van der Waals surface area (Å²) in [5.74, 6) is -1.77. The molecule has 0 spiro atoms. The first-order valence-electron chi connectivity index (χ1n) is 5.51. The van der Waals surface area contributed by atoms with Crippen molar-refractivity contribution in [3.63, 3.8) is 0 Å². The van der Waals surface area contributed by atoms with Gasteiger partial charge in [0.2, 0.25) is 0 Å². The Morgan fingerprint density at radius 2 is 1.68 bits per heavy atom. The molecule has 100 valence electrons. The van der Waals surface area contributed by atoms with E-state index >= 15 is 0 Å². The van der Waals surface area contributed by atoms with Gasteiger partial charge < -0.3 is 0 Å². The van der Waals surface area contributed by atoms with E-state index < -0.39 is 17.0 Å². The predicted molar refractivity (Wildman–Crippen MR) is 75.1 cm³/mol. The highest BCUT2D eigenvalue weighted by Crippen LogP contribution is 2.35. The molecule has 0 nitrogen and oxygen atoms in total. The van der Waals surface area contributed by atoms with Crippen LogP contribution in [0, 0.1) is 11.6 Å². The summed E-state index contributed by atoms with van der Waals surface area (Å²) in [6.07, 6.45) is 0.130. The zero-order chi connectivity index (χ0) is 14.0. The minimum absolute atomic E-state index is 0.130. The zero-order valence-electron chi connectivity index (χ0n) is 9.64. The maximum absolute atomic E-state index is 13.6. The van der Waals surface area contributed by atoms with Crippen molar-refractivity contribution in [1.29, 1.82) is 0 Å². The van der Waals surface area contributed by atoms with E-state index in [-0.39, 0.29) is 12.0 Å². The van der Waals surface area contributed by atoms with E-state index in [1.54, 1.807) is 18.2 Å². The van der Waals surface area contributed by atoms with E-state index in [4.69, 9.17) is 34.8 Å². The van der Waals surface area contributed by atoms with E-state index in [1.165, 1.54) is 12.1 Å². The lowest BCUT2D eigenvalue weighted by molar-refractivity contribution is 0.498. The molecule has 1 atom stereocenters. The standard InChI is InChI=1S/C14H9Cl3F2/c15-10-5-2-4-9(13(10)17)11(16)7-8-3-1-6-12(18)14(8)19/h1-6,11H,7H2. The molecule has 0 saturated heterocycles. The number of hydrogen-bond donors (Lipinski definition) is 0. The van der Waals surface area contributed by atoms with Crippen LogP contribution in [0.5, 0.6) is 0 Å². The van der Waals surface area contributed by atoms with Gasteiger partial charge in [-0.3, -0.25) is 0 Å². The van der Waals surface area contributed by atoms with Gasteiger partial charge in [-0.2, -0.15) is 0 Å². The molecule has 2 aromatic carbocycles. The molecule has 0 aliphatic carbocycles. The van der Waals surface area contributed by atoms with Gasteiger partial charge in [-0.05, 0) is 29.7 Å². The van der Waals surface area contributed by atoms with Gasteiger partial charge in [0, 0.05) is 0 Å². The molecule has 0 N–H and O–H groups in total. The monoisotopic (exact) mass is 320 g/mol. The Balaban J connectivity index is 2.28. The molecule has 2 rings (SSSR count). The predicted octanol–water partition coefficient (Wildman–Crippen LogP) is 5.79. The molecule has 0 fully saturated rings. The number of alkyl halides is 1. The Labute approximate surface area is 124 Å². The second-order valence-electron chi connectivity index (χ2n) is 4.03. The van der Waals surface area contributed by atoms with E-state index in [9.17, 15) is 8.78 Å². The topological polar surface area (TPSA) is 0 Å². The lowest BCUT2D eigenvalue weighted by atomic mass is 10.0. The van der Waals surface area contributed by atoms with Gasteiger partial charge in [0.15, 0.2) is 11.6 Å². The largest absolute Gasteiger partial charge is 0.204 e. The first-order chi connectivity index (χ1) is 9.00. The van der Waals surface area contributed by atoms with Crippen molar-refractivity contribution >= 4 is 34.8 Å². The summed E-state index contributed by atoms with van der Waals surface area (Å²) in [6, 6.07) is 9.06. The van der Waals surface area contributed by atoms with E-state index in [2.05, 4.69) is 0 Å². The summed E-state index contributed by atoms with van der Waals surface area (Å²) in [6.45, 7) is 0. The maximum Gasteiger partial charge on any atom is 0.162 e. The smallest absolute Gasteiger partial charge is 0.162 e. The molecule has 1 unspecified atom stereocenters. The molecule has 0 amide bonds. The Morgan fingerprint density at radius 1 is 1.00 bits per heavy atom. The van der Waals surface area contributed by atoms with Gasteiger partial charge in [-0.1, -0.05) is 47.5 Å². The molecule has 0 radical (unpaired) electrons. The lowest BCUT2D eigenvalue weighted by Gasteiger charge is -2.13. The van der Waals surface area contributed by atoms with Crippen LogP contribution in [0.15, 0.2) is 36.4 Å². The molecular formula is C14H9Cl3F2. The number of rotatable bonds is 3. The Kier molecular flexibility index (Phi) is 4.67. The Morgan fingerprint density at radius 3 is 2.42 bits per heavy atom. The summed E-state index contributed by atoms with van der Waals surface area (Å²) >= 11 is 18.1. The lowest BCUT2D eigenvalue weighted by Crippen LogP contribution is -2.01. The number of hydrogen-bond acceptors (Lipinski definition) is 0. The molecule has 2 aromatic rings. The third kappa shape index (κ3) is 3.19. The second-order valence-corrected chi connectivity index (χ2v) is 5.34. The first-order valence-corrected chi connectivity index (χ1v) is 6.71. The average molecular weight is 322 g/mol. The van der Waals surface area contributed by atoms with Crippen LogP contribution in [0.2, 0.25) is 10.0 Å². The minimum atomic E-state index is -0.890. The highest BCUT2D eigenvalue weighted by molar-refractivity contribution is 6.43. The third-order valence-electron chi connectivity index (χ3n) is 2.75. The van der Waals surface area contributed by atoms with Crippen LogP contribution in [0.3, 0.4) is 0 Å². The Bertz CT molecular complexity index is 599. The summed E-state index contributed by atoms with van der Waals surface area (Å²) in [7, 11) is 0. The zero-order valence-corrected chi connectivity index (χ0v) is 11.9. The van der Waals surface area contributed by atoms with Crippen molar-refractivity contribution in [3.05, 3.63) is 69.2 Å². The van der Waals surface area contributed by atoms with Crippen LogP contribution >= 0.6 is 34.8 Å². The van der Waals surface area contributed by atoms with Crippen molar-refractivity contribution < 1.29 is 8.78 Å². The normalized spacial score (nSPS) is 12.5. The van der Waals surface area contributed by atoms with Gasteiger partial charge in [0.05, 0.1) is 15.4 Å². The van der Waals surface area contributed by atoms with Crippen LogP contribution in [0.4, 0.5) is 8.78 Å². The molecule has 0 bridgehead atoms. The fraction of sp³-hybridized carbons (Fsp3) is 0.143. The average Bonchev–Trinajstić information content (AvgIpc) is 2.38. The van der Waals surface area contributed by atoms with Gasteiger partial charge in [-0.15, -0.1) is 11.6 Å². The van der Waals surface area contributed by atoms with Crippen LogP contribution in [-0.4, -0.2) is 0 Å². The highest BCUT2D eigenvalue weighted by atomic mass is 35.5. The first kappa shape index (κ1) is 14.6. The molecular weight excluding hydrogens is 313 g/mol. The number of benzene rings is 2. The summed E-state index contributed by atoms with van der Waals surface area (Å²) < 4.78 is 26.7. The quantitative estimate of drug-likeness (QED) is 0.627. The Hall–Kier alpha value is -0.830. The SMILES string of the molecule is Fc1cccc(CC(Cl)c2cccc(Cl)c2Cl)c1F. The van der Waals surface area contributed by atoms with Crippen LogP contribution in [0.1, 0.15) is 16.5 Å². The fourth-order valence-electron chi connectivity index (χ4n) is 1.77. The summed E-state index contributed by atoms with van der Waals surface area (Å²) in [5.41, 5.74) is 0.801. The minimum Gasteiger partial charge on any atom is -0.204 e. The highest BCUT2D eigenvalue weighted by Gasteiger charge is 2.17. The van der Waals surface area contributed by atoms with Gasteiger partial charge >= 0.3 is 0 Å². The summed E-state index contributed by atoms with van der Waals surface area (Å²) in [4.78, 5) is 0. The van der Waals surface area contributed by atoms with Crippen LogP contribution in [-0.2, 0) is 6.42 Å². The van der Waals surface area contributed by atoms with Gasteiger partial charge in [0.25, 0.3) is 0 Å². The van der Waals surface area contributed by atoms with Gasteiger partial charge in [-0.25, -0.2) is 8.78 Å². The van der Waals surface area contributed by atoms with E-state index in [0.29, 0.717) is 15.6 Å². The van der Waals surface area contributed by atoms with Crippen molar-refractivity contribution in [2.24, 2.45) is 0 Å². The van der Waals surface area contributed by atoms with Crippen LogP contribution < -0.4 is 0 Å². The molecule has 0 aromatic heterocycles. The molecule has 0 aliphatic rings. The van der Waals surface area contributed by atoms with Gasteiger partial charge in [0.1, 0.15) is 0 Å². The van der Waals surface area contributed by atoms with E-state index in [0.717, 1.165) is 6.07 Å². The van der Waals surface area contributed by atoms with Crippen molar-refractivity contribution in [2.75, 3.05) is 0 Å². The molecule has 0 heterocycles.